The molecule has 1 aliphatic heterocycles. The molecule has 0 unspecified atom stereocenters. The Kier molecular flexibility index (Phi) is 5.91. The highest BCUT2D eigenvalue weighted by atomic mass is 35.5. The molecule has 1 aliphatic carbocycles. The Balaban J connectivity index is 0.00000208. The molecule has 1 aromatic carbocycles. The normalized spacial score (nSPS) is 23.0. The molecule has 2 aliphatic rings. The molecule has 2 atom stereocenters. The molecule has 0 radical (unpaired) electrons. The zero-order chi connectivity index (χ0) is 16.6. The van der Waals surface area contributed by atoms with Gasteiger partial charge < -0.3 is 10.6 Å². The van der Waals surface area contributed by atoms with E-state index in [1.165, 1.54) is 7.05 Å². The maximum Gasteiger partial charge on any atom is 0.240 e. The van der Waals surface area contributed by atoms with Gasteiger partial charge in [-0.25, -0.2) is 13.1 Å². The van der Waals surface area contributed by atoms with Crippen LogP contribution in [-0.4, -0.2) is 34.0 Å². The fourth-order valence-corrected chi connectivity index (χ4v) is 4.31. The van der Waals surface area contributed by atoms with E-state index in [2.05, 4.69) is 4.72 Å². The van der Waals surface area contributed by atoms with Crippen LogP contribution in [0.2, 0.25) is 0 Å². The number of nitrogens with one attached hydrogen (secondary N) is 1. The van der Waals surface area contributed by atoms with Gasteiger partial charge in [0.2, 0.25) is 15.9 Å². The summed E-state index contributed by atoms with van der Waals surface area (Å²) in [7, 11) is -2.13. The number of carbonyl (C=O) groups excluding carboxylic acids is 1. The first kappa shape index (κ1) is 19.2. The average Bonchev–Trinajstić information content (AvgIpc) is 3.13. The molecule has 1 amide bonds. The van der Waals surface area contributed by atoms with Gasteiger partial charge in [0.05, 0.1) is 4.90 Å². The second kappa shape index (κ2) is 7.39. The van der Waals surface area contributed by atoms with E-state index in [0.29, 0.717) is 13.0 Å². The Morgan fingerprint density at radius 1 is 1.38 bits per heavy atom. The molecular weight excluding hydrogens is 350 g/mol. The number of nitrogens with two attached hydrogens (primary N) is 1. The van der Waals surface area contributed by atoms with Gasteiger partial charge in [-0.1, -0.05) is 12.5 Å². The number of nitrogens with zero attached hydrogens (tertiary/aromatic N) is 1. The van der Waals surface area contributed by atoms with Crippen LogP contribution in [0, 0.1) is 5.92 Å². The van der Waals surface area contributed by atoms with E-state index >= 15 is 0 Å². The highest BCUT2D eigenvalue weighted by Crippen LogP contribution is 2.33. The Morgan fingerprint density at radius 2 is 2.12 bits per heavy atom. The Hall–Kier alpha value is -1.15. The van der Waals surface area contributed by atoms with Crippen molar-refractivity contribution in [2.75, 3.05) is 18.5 Å². The van der Waals surface area contributed by atoms with Crippen molar-refractivity contribution in [2.45, 2.75) is 43.0 Å². The summed E-state index contributed by atoms with van der Waals surface area (Å²) in [6.07, 6.45) is 4.28. The third-order valence-electron chi connectivity index (χ3n) is 4.99. The third kappa shape index (κ3) is 3.59. The molecule has 6 nitrogen and oxygen atoms in total. The molecular formula is C16H24ClN3O3S. The first-order valence-corrected chi connectivity index (χ1v) is 9.53. The maximum absolute atomic E-state index is 12.6. The second-order valence-corrected chi connectivity index (χ2v) is 8.24. The first-order chi connectivity index (χ1) is 10.9. The summed E-state index contributed by atoms with van der Waals surface area (Å²) in [5.74, 6) is 0.292. The predicted octanol–water partition coefficient (Wildman–Crippen LogP) is 1.42. The number of halogens is 1. The summed E-state index contributed by atoms with van der Waals surface area (Å²) in [6.45, 7) is 0.610. The van der Waals surface area contributed by atoms with Crippen LogP contribution in [0.3, 0.4) is 0 Å². The summed E-state index contributed by atoms with van der Waals surface area (Å²) >= 11 is 0. The summed E-state index contributed by atoms with van der Waals surface area (Å²) < 4.78 is 26.2. The Labute approximate surface area is 149 Å². The predicted molar refractivity (Wildman–Crippen MR) is 95.9 cm³/mol. The zero-order valence-corrected chi connectivity index (χ0v) is 15.3. The van der Waals surface area contributed by atoms with E-state index in [1.807, 2.05) is 0 Å². The largest absolute Gasteiger partial charge is 0.327 e. The molecule has 3 N–H and O–H groups in total. The minimum atomic E-state index is -3.51. The lowest BCUT2D eigenvalue weighted by atomic mass is 9.99. The number of amides is 1. The minimum absolute atomic E-state index is 0. The van der Waals surface area contributed by atoms with E-state index in [0.717, 1.165) is 36.9 Å². The van der Waals surface area contributed by atoms with E-state index in [4.69, 9.17) is 5.73 Å². The van der Waals surface area contributed by atoms with Crippen LogP contribution in [0.4, 0.5) is 5.69 Å². The molecule has 0 spiro atoms. The number of benzene rings is 1. The highest BCUT2D eigenvalue weighted by Gasteiger charge is 2.31. The number of fused-ring (bicyclic) bond motifs is 1. The molecule has 0 saturated heterocycles. The quantitative estimate of drug-likeness (QED) is 0.834. The fraction of sp³-hybridized carbons (Fsp3) is 0.562. The number of hydrogen-bond acceptors (Lipinski definition) is 4. The van der Waals surface area contributed by atoms with Crippen molar-refractivity contribution in [1.82, 2.24) is 4.72 Å². The standard InChI is InChI=1S/C16H23N3O3S.ClH/c1-18-23(21,22)13-6-5-11-7-8-19(15(11)10-13)16(20)9-12-3-2-4-14(12)17;/h5-6,10,12,14,18H,2-4,7-9,17H2,1H3;1H/t12-,14+;/m0./s1. The maximum atomic E-state index is 12.6. The smallest absolute Gasteiger partial charge is 0.240 e. The lowest BCUT2D eigenvalue weighted by Gasteiger charge is -2.22. The van der Waals surface area contributed by atoms with Crippen molar-refractivity contribution in [2.24, 2.45) is 11.7 Å². The molecule has 24 heavy (non-hydrogen) atoms. The van der Waals surface area contributed by atoms with Crippen molar-refractivity contribution in [3.05, 3.63) is 23.8 Å². The van der Waals surface area contributed by atoms with Crippen LogP contribution in [0.15, 0.2) is 23.1 Å². The van der Waals surface area contributed by atoms with Crippen LogP contribution in [0.5, 0.6) is 0 Å². The molecule has 0 aromatic heterocycles. The zero-order valence-electron chi connectivity index (χ0n) is 13.7. The third-order valence-corrected chi connectivity index (χ3v) is 6.40. The molecule has 1 saturated carbocycles. The van der Waals surface area contributed by atoms with E-state index in [9.17, 15) is 13.2 Å². The van der Waals surface area contributed by atoms with E-state index in [1.54, 1.807) is 23.1 Å². The molecule has 3 rings (SSSR count). The molecule has 8 heteroatoms. The average molecular weight is 374 g/mol. The Morgan fingerprint density at radius 3 is 2.75 bits per heavy atom. The molecule has 1 fully saturated rings. The summed E-state index contributed by atoms with van der Waals surface area (Å²) in [5, 5.41) is 0. The van der Waals surface area contributed by atoms with Gasteiger partial charge in [0, 0.05) is 24.7 Å². The number of rotatable bonds is 4. The second-order valence-electron chi connectivity index (χ2n) is 6.35. The van der Waals surface area contributed by atoms with Crippen molar-refractivity contribution >= 4 is 34.0 Å². The topological polar surface area (TPSA) is 92.5 Å². The first-order valence-electron chi connectivity index (χ1n) is 8.05. The molecule has 1 aromatic rings. The lowest BCUT2D eigenvalue weighted by Crippen LogP contribution is -2.34. The monoisotopic (exact) mass is 373 g/mol. The van der Waals surface area contributed by atoms with Crippen LogP contribution in [0.1, 0.15) is 31.2 Å². The Bertz CT molecular complexity index is 723. The van der Waals surface area contributed by atoms with E-state index in [-0.39, 0.29) is 35.2 Å². The van der Waals surface area contributed by atoms with Gasteiger partial charge in [-0.05, 0) is 49.9 Å². The van der Waals surface area contributed by atoms with Crippen LogP contribution >= 0.6 is 12.4 Å². The number of sulfonamides is 1. The van der Waals surface area contributed by atoms with Gasteiger partial charge in [0.15, 0.2) is 0 Å². The lowest BCUT2D eigenvalue weighted by molar-refractivity contribution is -0.119. The van der Waals surface area contributed by atoms with Gasteiger partial charge in [0.25, 0.3) is 0 Å². The number of carbonyl (C=O) groups is 1. The molecule has 134 valence electrons. The fourth-order valence-electron chi connectivity index (χ4n) is 3.56. The van der Waals surface area contributed by atoms with Crippen molar-refractivity contribution < 1.29 is 13.2 Å². The number of anilines is 1. The van der Waals surface area contributed by atoms with Gasteiger partial charge >= 0.3 is 0 Å². The van der Waals surface area contributed by atoms with Gasteiger partial charge in [-0.3, -0.25) is 4.79 Å². The van der Waals surface area contributed by atoms with Gasteiger partial charge in [-0.2, -0.15) is 0 Å². The SMILES string of the molecule is CNS(=O)(=O)c1ccc2c(c1)N(C(=O)C[C@@H]1CCC[C@H]1N)CC2.Cl. The summed E-state index contributed by atoms with van der Waals surface area (Å²) in [5.41, 5.74) is 7.80. The van der Waals surface area contributed by atoms with Crippen LogP contribution in [0.25, 0.3) is 0 Å². The van der Waals surface area contributed by atoms with Crippen molar-refractivity contribution in [3.8, 4) is 0 Å². The minimum Gasteiger partial charge on any atom is -0.327 e. The molecule has 1 heterocycles. The summed E-state index contributed by atoms with van der Waals surface area (Å²) in [4.78, 5) is 14.6. The van der Waals surface area contributed by atoms with Crippen molar-refractivity contribution in [3.63, 3.8) is 0 Å². The van der Waals surface area contributed by atoms with Crippen LogP contribution in [-0.2, 0) is 21.2 Å². The van der Waals surface area contributed by atoms with E-state index < -0.39 is 10.0 Å². The van der Waals surface area contributed by atoms with Crippen molar-refractivity contribution in [1.29, 1.82) is 0 Å². The summed E-state index contributed by atoms with van der Waals surface area (Å²) in [6, 6.07) is 5.09. The van der Waals surface area contributed by atoms with Crippen LogP contribution < -0.4 is 15.4 Å². The van der Waals surface area contributed by atoms with Gasteiger partial charge in [0.1, 0.15) is 0 Å². The highest BCUT2D eigenvalue weighted by molar-refractivity contribution is 7.89. The number of hydrogen-bond donors (Lipinski definition) is 2. The molecule has 0 bridgehead atoms. The van der Waals surface area contributed by atoms with Gasteiger partial charge in [-0.15, -0.1) is 12.4 Å².